The molecule has 5 nitrogen and oxygen atoms in total. The van der Waals surface area contributed by atoms with Crippen LogP contribution < -0.4 is 10.1 Å². The minimum Gasteiger partial charge on any atom is -0.497 e. The monoisotopic (exact) mass is 528 g/mol. The molecule has 1 amide bonds. The van der Waals surface area contributed by atoms with Crippen LogP contribution in [0.25, 0.3) is 6.08 Å². The molecule has 0 bridgehead atoms. The van der Waals surface area contributed by atoms with Crippen molar-refractivity contribution in [3.63, 3.8) is 0 Å². The molecule has 3 aliphatic rings. The molecular formula is C30H35F3N2O3. The van der Waals surface area contributed by atoms with Gasteiger partial charge in [0.1, 0.15) is 5.75 Å². The van der Waals surface area contributed by atoms with Crippen LogP contribution in [0.1, 0.15) is 48.8 Å². The summed E-state index contributed by atoms with van der Waals surface area (Å²) in [7, 11) is 1.64. The van der Waals surface area contributed by atoms with Crippen LogP contribution in [0.5, 0.6) is 5.75 Å². The Bertz CT molecular complexity index is 1180. The Balaban J connectivity index is 1.33. The van der Waals surface area contributed by atoms with E-state index in [9.17, 15) is 23.1 Å². The molecule has 4 unspecified atom stereocenters. The second-order valence-electron chi connectivity index (χ2n) is 11.1. The van der Waals surface area contributed by atoms with Crippen molar-refractivity contribution < 1.29 is 27.8 Å². The third-order valence-corrected chi connectivity index (χ3v) is 8.49. The van der Waals surface area contributed by atoms with E-state index in [1.54, 1.807) is 7.11 Å². The van der Waals surface area contributed by atoms with E-state index in [0.29, 0.717) is 18.4 Å². The molecule has 0 radical (unpaired) electrons. The molecule has 1 heterocycles. The number of benzene rings is 2. The molecule has 8 heteroatoms. The van der Waals surface area contributed by atoms with Gasteiger partial charge in [0.2, 0.25) is 5.91 Å². The van der Waals surface area contributed by atoms with Gasteiger partial charge in [-0.15, -0.1) is 0 Å². The van der Waals surface area contributed by atoms with Crippen molar-refractivity contribution >= 4 is 12.0 Å². The second kappa shape index (κ2) is 10.7. The molecule has 38 heavy (non-hydrogen) atoms. The summed E-state index contributed by atoms with van der Waals surface area (Å²) in [6.07, 6.45) is 2.20. The smallest absolute Gasteiger partial charge is 0.416 e. The molecule has 204 valence electrons. The summed E-state index contributed by atoms with van der Waals surface area (Å²) in [5, 5.41) is 14.4. The van der Waals surface area contributed by atoms with Crippen molar-refractivity contribution in [3.05, 3.63) is 71.3 Å². The van der Waals surface area contributed by atoms with Crippen LogP contribution in [-0.2, 0) is 16.4 Å². The first-order chi connectivity index (χ1) is 18.2. The van der Waals surface area contributed by atoms with E-state index >= 15 is 0 Å². The summed E-state index contributed by atoms with van der Waals surface area (Å²) >= 11 is 0. The number of carbonyl (C=O) groups is 1. The zero-order valence-corrected chi connectivity index (χ0v) is 21.6. The molecule has 2 N–H and O–H groups in total. The molecule has 1 saturated heterocycles. The number of hydrogen-bond acceptors (Lipinski definition) is 4. The van der Waals surface area contributed by atoms with Crippen molar-refractivity contribution in [2.45, 2.75) is 55.8 Å². The number of nitrogens with one attached hydrogen (secondary N) is 1. The standard InChI is InChI=1S/C30H35F3N2O3/c1-38-25-7-3-5-22(15-25)29-12-13-35(18-21-8-9-21)19-26(29)27(36)16-24(17-29)34-28(37)11-10-20-4-2-6-23(14-20)30(31,32)33/h2-7,10-11,14-15,21,24,26-27,36H,8-9,12-13,16-19H2,1H3,(H,34,37)/b11-10+. The van der Waals surface area contributed by atoms with Crippen molar-refractivity contribution in [2.24, 2.45) is 11.8 Å². The molecule has 2 saturated carbocycles. The van der Waals surface area contributed by atoms with Gasteiger partial charge in [-0.2, -0.15) is 13.2 Å². The van der Waals surface area contributed by atoms with E-state index in [1.165, 1.54) is 37.1 Å². The van der Waals surface area contributed by atoms with E-state index in [0.717, 1.165) is 55.4 Å². The topological polar surface area (TPSA) is 61.8 Å². The Hall–Kier alpha value is -2.84. The number of ether oxygens (including phenoxy) is 1. The summed E-state index contributed by atoms with van der Waals surface area (Å²) in [6, 6.07) is 12.6. The molecule has 0 spiro atoms. The van der Waals surface area contributed by atoms with Crippen LogP contribution in [-0.4, -0.2) is 54.8 Å². The normalized spacial score (nSPS) is 28.2. The van der Waals surface area contributed by atoms with Gasteiger partial charge in [-0.3, -0.25) is 4.79 Å². The number of likely N-dealkylation sites (tertiary alicyclic amines) is 1. The fourth-order valence-corrected chi connectivity index (χ4v) is 6.40. The Kier molecular flexibility index (Phi) is 7.56. The fraction of sp³-hybridized carbons (Fsp3) is 0.500. The number of halogens is 3. The Morgan fingerprint density at radius 3 is 2.74 bits per heavy atom. The maximum atomic E-state index is 13.0. The van der Waals surface area contributed by atoms with Gasteiger partial charge in [0.05, 0.1) is 18.8 Å². The molecule has 5 rings (SSSR count). The Labute approximate surface area is 221 Å². The van der Waals surface area contributed by atoms with E-state index < -0.39 is 17.8 Å². The van der Waals surface area contributed by atoms with Gasteiger partial charge in [-0.25, -0.2) is 0 Å². The Morgan fingerprint density at radius 2 is 2.00 bits per heavy atom. The lowest BCUT2D eigenvalue weighted by atomic mass is 9.57. The van der Waals surface area contributed by atoms with E-state index in [1.807, 2.05) is 18.2 Å². The van der Waals surface area contributed by atoms with Gasteiger partial charge in [-0.05, 0) is 86.0 Å². The van der Waals surface area contributed by atoms with E-state index in [-0.39, 0.29) is 23.3 Å². The third kappa shape index (κ3) is 5.91. The van der Waals surface area contributed by atoms with Crippen LogP contribution >= 0.6 is 0 Å². The summed E-state index contributed by atoms with van der Waals surface area (Å²) in [6.45, 7) is 2.84. The lowest BCUT2D eigenvalue weighted by Crippen LogP contribution is -2.61. The average Bonchev–Trinajstić information content (AvgIpc) is 3.72. The summed E-state index contributed by atoms with van der Waals surface area (Å²) in [5.74, 6) is 1.19. The SMILES string of the molecule is COc1cccc(C23CCN(CC4CC4)CC2C(O)CC(NC(=O)/C=C/c2cccc(C(F)(F)F)c2)C3)c1. The molecule has 2 aliphatic carbocycles. The quantitative estimate of drug-likeness (QED) is 0.495. The Morgan fingerprint density at radius 1 is 1.21 bits per heavy atom. The first kappa shape index (κ1) is 26.8. The third-order valence-electron chi connectivity index (χ3n) is 8.49. The number of rotatable bonds is 7. The van der Waals surface area contributed by atoms with E-state index in [4.69, 9.17) is 4.74 Å². The number of aliphatic hydroxyl groups is 1. The maximum absolute atomic E-state index is 13.0. The lowest BCUT2D eigenvalue weighted by Gasteiger charge is -2.55. The molecule has 3 fully saturated rings. The number of aliphatic hydroxyl groups excluding tert-OH is 1. The number of piperidine rings is 1. The van der Waals surface area contributed by atoms with Crippen molar-refractivity contribution in [3.8, 4) is 5.75 Å². The number of fused-ring (bicyclic) bond motifs is 1. The molecule has 4 atom stereocenters. The van der Waals surface area contributed by atoms with Crippen molar-refractivity contribution in [2.75, 3.05) is 26.7 Å². The van der Waals surface area contributed by atoms with Crippen LogP contribution in [0.2, 0.25) is 0 Å². The van der Waals surface area contributed by atoms with Crippen molar-refractivity contribution in [1.82, 2.24) is 10.2 Å². The summed E-state index contributed by atoms with van der Waals surface area (Å²) in [4.78, 5) is 15.3. The first-order valence-electron chi connectivity index (χ1n) is 13.4. The highest BCUT2D eigenvalue weighted by Crippen LogP contribution is 2.50. The number of methoxy groups -OCH3 is 1. The minimum atomic E-state index is -4.44. The molecule has 0 aromatic heterocycles. The van der Waals surface area contributed by atoms with Gasteiger partial charge in [-0.1, -0.05) is 24.3 Å². The van der Waals surface area contributed by atoms with Crippen LogP contribution in [0.15, 0.2) is 54.6 Å². The highest BCUT2D eigenvalue weighted by molar-refractivity contribution is 5.92. The van der Waals surface area contributed by atoms with Crippen molar-refractivity contribution in [1.29, 1.82) is 0 Å². The van der Waals surface area contributed by atoms with Gasteiger partial charge in [0.25, 0.3) is 0 Å². The molecule has 2 aromatic rings. The van der Waals surface area contributed by atoms with E-state index in [2.05, 4.69) is 16.3 Å². The number of hydrogen-bond donors (Lipinski definition) is 2. The lowest BCUT2D eigenvalue weighted by molar-refractivity contribution is -0.137. The number of carbonyl (C=O) groups excluding carboxylic acids is 1. The van der Waals surface area contributed by atoms with Crippen LogP contribution in [0, 0.1) is 11.8 Å². The molecular weight excluding hydrogens is 493 g/mol. The highest BCUT2D eigenvalue weighted by Gasteiger charge is 2.52. The predicted molar refractivity (Wildman–Crippen MR) is 140 cm³/mol. The van der Waals surface area contributed by atoms with Gasteiger partial charge < -0.3 is 20.1 Å². The molecule has 2 aromatic carbocycles. The fourth-order valence-electron chi connectivity index (χ4n) is 6.40. The summed E-state index contributed by atoms with van der Waals surface area (Å²) < 4.78 is 44.6. The zero-order valence-electron chi connectivity index (χ0n) is 21.6. The van der Waals surface area contributed by atoms with Gasteiger partial charge in [0, 0.05) is 36.5 Å². The highest BCUT2D eigenvalue weighted by atomic mass is 19.4. The minimum absolute atomic E-state index is 0.0379. The summed E-state index contributed by atoms with van der Waals surface area (Å²) in [5.41, 5.74) is 0.351. The van der Waals surface area contributed by atoms with Crippen LogP contribution in [0.4, 0.5) is 13.2 Å². The largest absolute Gasteiger partial charge is 0.497 e. The number of alkyl halides is 3. The maximum Gasteiger partial charge on any atom is 0.416 e. The zero-order chi connectivity index (χ0) is 26.9. The van der Waals surface area contributed by atoms with Gasteiger partial charge in [0.15, 0.2) is 0 Å². The average molecular weight is 529 g/mol. The van der Waals surface area contributed by atoms with Gasteiger partial charge >= 0.3 is 6.18 Å². The van der Waals surface area contributed by atoms with Crippen LogP contribution in [0.3, 0.4) is 0 Å². The second-order valence-corrected chi connectivity index (χ2v) is 11.1. The number of nitrogens with zero attached hydrogens (tertiary/aromatic N) is 1. The molecule has 1 aliphatic heterocycles. The first-order valence-corrected chi connectivity index (χ1v) is 13.4. The predicted octanol–water partition coefficient (Wildman–Crippen LogP) is 5.04. The number of amides is 1.